The van der Waals surface area contributed by atoms with Crippen LogP contribution in [0.15, 0.2) is 123 Å². The van der Waals surface area contributed by atoms with Crippen molar-refractivity contribution >= 4 is 47.8 Å². The summed E-state index contributed by atoms with van der Waals surface area (Å²) in [6, 6.07) is 36.0. The van der Waals surface area contributed by atoms with Gasteiger partial charge in [0.2, 0.25) is 0 Å². The highest BCUT2D eigenvalue weighted by Gasteiger charge is 2.23. The van der Waals surface area contributed by atoms with Crippen LogP contribution in [0.5, 0.6) is 17.2 Å². The van der Waals surface area contributed by atoms with Crippen molar-refractivity contribution in [3.05, 3.63) is 156 Å². The first-order chi connectivity index (χ1) is 21.9. The molecule has 0 saturated carbocycles. The third-order valence-electron chi connectivity index (χ3n) is 7.50. The first-order valence-corrected chi connectivity index (χ1v) is 17.6. The summed E-state index contributed by atoms with van der Waals surface area (Å²) in [6.07, 6.45) is 2.68. The van der Waals surface area contributed by atoms with Crippen molar-refractivity contribution in [2.75, 3.05) is 0 Å². The lowest BCUT2D eigenvalue weighted by molar-refractivity contribution is 0.288. The molecule has 234 valence electrons. The fourth-order valence-corrected chi connectivity index (χ4v) is 6.13. The lowest BCUT2D eigenvalue weighted by Gasteiger charge is -2.26. The van der Waals surface area contributed by atoms with Crippen molar-refractivity contribution < 1.29 is 14.2 Å². The smallest absolute Gasteiger partial charge is 0.119 e. The molecule has 0 spiro atoms. The van der Waals surface area contributed by atoms with Crippen molar-refractivity contribution in [1.82, 2.24) is 0 Å². The molecule has 0 saturated heterocycles. The van der Waals surface area contributed by atoms with E-state index in [0.29, 0.717) is 19.8 Å². The molecule has 5 aromatic carbocycles. The first kappa shape index (κ1) is 34.8. The van der Waals surface area contributed by atoms with Crippen molar-refractivity contribution in [2.45, 2.75) is 59.9 Å². The minimum absolute atomic E-state index is 0.495. The number of benzene rings is 5. The Morgan fingerprint density at radius 1 is 0.356 bits per heavy atom. The van der Waals surface area contributed by atoms with E-state index in [4.69, 9.17) is 14.2 Å². The Kier molecular flexibility index (Phi) is 14.1. The Labute approximate surface area is 293 Å². The fraction of sp³-hybridized carbons (Fsp3) is 0.231. The zero-order valence-electron chi connectivity index (χ0n) is 26.0. The Morgan fingerprint density at radius 2 is 0.578 bits per heavy atom. The molecule has 0 bridgehead atoms. The highest BCUT2D eigenvalue weighted by Crippen LogP contribution is 2.34. The van der Waals surface area contributed by atoms with Gasteiger partial charge in [-0.25, -0.2) is 0 Å². The van der Waals surface area contributed by atoms with Gasteiger partial charge >= 0.3 is 0 Å². The third-order valence-corrected chi connectivity index (χ3v) is 9.09. The summed E-state index contributed by atoms with van der Waals surface area (Å²) in [5, 5.41) is 0. The maximum absolute atomic E-state index is 6.35. The molecule has 0 fully saturated rings. The van der Waals surface area contributed by atoms with E-state index in [-0.39, 0.29) is 0 Å². The molecule has 0 unspecified atom stereocenters. The van der Waals surface area contributed by atoms with Gasteiger partial charge in [0.15, 0.2) is 0 Å². The highest BCUT2D eigenvalue weighted by atomic mass is 79.9. The van der Waals surface area contributed by atoms with Gasteiger partial charge in [-0.15, -0.1) is 0 Å². The van der Waals surface area contributed by atoms with Crippen LogP contribution in [0, 0.1) is 0 Å². The zero-order valence-corrected chi connectivity index (χ0v) is 30.8. The molecule has 0 N–H and O–H groups in total. The summed E-state index contributed by atoms with van der Waals surface area (Å²) in [6.45, 7) is 8.15. The molecule has 3 nitrogen and oxygen atoms in total. The van der Waals surface area contributed by atoms with Crippen LogP contribution in [0.25, 0.3) is 0 Å². The molecule has 0 atom stereocenters. The van der Waals surface area contributed by atoms with E-state index < -0.39 is 0 Å². The topological polar surface area (TPSA) is 27.7 Å². The molecule has 0 aliphatic carbocycles. The van der Waals surface area contributed by atoms with Gasteiger partial charge in [-0.1, -0.05) is 105 Å². The number of hydrogen-bond acceptors (Lipinski definition) is 3. The maximum Gasteiger partial charge on any atom is 0.119 e. The van der Waals surface area contributed by atoms with E-state index in [1.165, 1.54) is 33.4 Å². The Bertz CT molecular complexity index is 1380. The van der Waals surface area contributed by atoms with Gasteiger partial charge in [-0.05, 0) is 125 Å². The van der Waals surface area contributed by atoms with E-state index in [1.807, 2.05) is 109 Å². The predicted molar refractivity (Wildman–Crippen MR) is 196 cm³/mol. The first-order valence-electron chi connectivity index (χ1n) is 15.3. The summed E-state index contributed by atoms with van der Waals surface area (Å²) in [4.78, 5) is 0. The van der Waals surface area contributed by atoms with Crippen LogP contribution in [-0.2, 0) is 39.1 Å². The Balaban J connectivity index is 0.000000687. The lowest BCUT2D eigenvalue weighted by atomic mass is 9.84. The fourth-order valence-electron chi connectivity index (χ4n) is 5.34. The second-order valence-electron chi connectivity index (χ2n) is 10.3. The summed E-state index contributed by atoms with van der Waals surface area (Å²) in [7, 11) is 0. The van der Waals surface area contributed by atoms with E-state index in [1.54, 1.807) is 0 Å². The average Bonchev–Trinajstić information content (AvgIpc) is 3.08. The van der Waals surface area contributed by atoms with Crippen molar-refractivity contribution in [2.24, 2.45) is 0 Å². The van der Waals surface area contributed by atoms with Crippen LogP contribution in [0.1, 0.15) is 54.2 Å². The molecule has 5 aromatic rings. The van der Waals surface area contributed by atoms with Crippen LogP contribution in [-0.4, -0.2) is 0 Å². The van der Waals surface area contributed by atoms with E-state index in [9.17, 15) is 0 Å². The van der Waals surface area contributed by atoms with Gasteiger partial charge < -0.3 is 14.2 Å². The highest BCUT2D eigenvalue weighted by molar-refractivity contribution is 9.11. The zero-order chi connectivity index (χ0) is 32.0. The molecule has 0 aliphatic heterocycles. The van der Waals surface area contributed by atoms with Gasteiger partial charge in [0.1, 0.15) is 37.1 Å². The van der Waals surface area contributed by atoms with Crippen LogP contribution in [0.2, 0.25) is 0 Å². The Hall–Kier alpha value is -3.06. The van der Waals surface area contributed by atoms with Gasteiger partial charge in [-0.3, -0.25) is 0 Å². The molecular formula is C39H39Br3O3. The van der Waals surface area contributed by atoms with Crippen LogP contribution >= 0.6 is 47.8 Å². The van der Waals surface area contributed by atoms with Crippen molar-refractivity contribution in [3.63, 3.8) is 0 Å². The molecular weight excluding hydrogens is 756 g/mol. The maximum atomic E-state index is 6.35. The minimum Gasteiger partial charge on any atom is -0.489 e. The lowest BCUT2D eigenvalue weighted by Crippen LogP contribution is -2.17. The summed E-state index contributed by atoms with van der Waals surface area (Å²) in [5.41, 5.74) is 7.65. The largest absolute Gasteiger partial charge is 0.489 e. The number of hydrogen-bond donors (Lipinski definition) is 0. The van der Waals surface area contributed by atoms with Crippen LogP contribution < -0.4 is 14.2 Å². The second kappa shape index (κ2) is 18.2. The van der Waals surface area contributed by atoms with Crippen LogP contribution in [0.3, 0.4) is 0 Å². The van der Waals surface area contributed by atoms with Gasteiger partial charge in [-0.2, -0.15) is 0 Å². The molecule has 0 aromatic heterocycles. The summed E-state index contributed by atoms with van der Waals surface area (Å²) in [5.74, 6) is 2.55. The standard InChI is InChI=1S/C33H33Br3O3.C6H6/c1-4-28-31(19-37-25-13-7-22(34)8-14-25)29(5-2)33(21-39-27-17-11-24(36)12-18-27)30(6-3)32(28)20-38-26-15-9-23(35)10-16-26;1-2-4-6-5-3-1/h7-18H,4-6,19-21H2,1-3H3;1-6H. The normalized spacial score (nSPS) is 10.5. The number of rotatable bonds is 12. The average molecular weight is 795 g/mol. The minimum atomic E-state index is 0.495. The predicted octanol–water partition coefficient (Wildman–Crippen LogP) is 12.1. The molecule has 45 heavy (non-hydrogen) atoms. The molecule has 0 amide bonds. The quantitative estimate of drug-likeness (QED) is 0.126. The van der Waals surface area contributed by atoms with Gasteiger partial charge in [0, 0.05) is 13.4 Å². The molecule has 6 heteroatoms. The van der Waals surface area contributed by atoms with E-state index >= 15 is 0 Å². The SMILES string of the molecule is CCc1c(COc2ccc(Br)cc2)c(CC)c(COc2ccc(Br)cc2)c(CC)c1COc1ccc(Br)cc1.c1ccccc1. The van der Waals surface area contributed by atoms with E-state index in [2.05, 4.69) is 68.6 Å². The monoisotopic (exact) mass is 792 g/mol. The van der Waals surface area contributed by atoms with Crippen molar-refractivity contribution in [1.29, 1.82) is 0 Å². The van der Waals surface area contributed by atoms with Crippen LogP contribution in [0.4, 0.5) is 0 Å². The molecule has 0 radical (unpaired) electrons. The molecule has 0 aliphatic rings. The summed E-state index contributed by atoms with van der Waals surface area (Å²) >= 11 is 10.5. The number of halogens is 3. The second-order valence-corrected chi connectivity index (χ2v) is 13.1. The van der Waals surface area contributed by atoms with Gasteiger partial charge in [0.05, 0.1) is 0 Å². The van der Waals surface area contributed by atoms with Crippen molar-refractivity contribution in [3.8, 4) is 17.2 Å². The third kappa shape index (κ3) is 10.2. The molecule has 0 heterocycles. The number of ether oxygens (including phenoxy) is 3. The summed E-state index contributed by atoms with van der Waals surface area (Å²) < 4.78 is 22.2. The van der Waals surface area contributed by atoms with Gasteiger partial charge in [0.25, 0.3) is 0 Å². The van der Waals surface area contributed by atoms with E-state index in [0.717, 1.165) is 49.9 Å². The Morgan fingerprint density at radius 3 is 0.778 bits per heavy atom. The molecule has 5 rings (SSSR count).